The average molecular weight is 375 g/mol. The van der Waals surface area contributed by atoms with Gasteiger partial charge in [-0.25, -0.2) is 13.8 Å². The molecule has 1 saturated heterocycles. The average Bonchev–Trinajstić information content (AvgIpc) is 3.22. The first-order valence-electron chi connectivity index (χ1n) is 9.91. The molecule has 1 amide bonds. The highest BCUT2D eigenvalue weighted by Crippen LogP contribution is 2.56. The van der Waals surface area contributed by atoms with Crippen LogP contribution < -0.4 is 0 Å². The molecule has 6 nitrogen and oxygen atoms in total. The lowest BCUT2D eigenvalue weighted by atomic mass is 9.93. The molecule has 3 heterocycles. The van der Waals surface area contributed by atoms with Crippen LogP contribution in [0.4, 0.5) is 8.78 Å². The number of hydrogen-bond donors (Lipinski definition) is 0. The van der Waals surface area contributed by atoms with Crippen LogP contribution in [0.5, 0.6) is 0 Å². The second-order valence-corrected chi connectivity index (χ2v) is 8.14. The van der Waals surface area contributed by atoms with Crippen molar-refractivity contribution in [1.29, 1.82) is 0 Å². The van der Waals surface area contributed by atoms with Crippen molar-refractivity contribution < 1.29 is 13.6 Å². The van der Waals surface area contributed by atoms with Crippen molar-refractivity contribution in [2.45, 2.75) is 50.9 Å². The number of hydrogen-bond acceptors (Lipinski definition) is 4. The molecule has 8 heteroatoms. The van der Waals surface area contributed by atoms with Gasteiger partial charge >= 0.3 is 0 Å². The number of piperidine rings is 1. The lowest BCUT2D eigenvalue weighted by Gasteiger charge is -2.33. The molecule has 0 bridgehead atoms. The molecule has 3 aliphatic rings. The topological polar surface area (TPSA) is 63.4 Å². The molecule has 1 aliphatic heterocycles. The van der Waals surface area contributed by atoms with Crippen molar-refractivity contribution >= 4 is 11.7 Å². The predicted molar refractivity (Wildman–Crippen MR) is 93.2 cm³/mol. The second kappa shape index (κ2) is 6.49. The molecule has 0 radical (unpaired) electrons. The smallest absolute Gasteiger partial charge is 0.280 e. The van der Waals surface area contributed by atoms with Crippen molar-refractivity contribution in [3.8, 4) is 0 Å². The molecule has 144 valence electrons. The molecule has 5 rings (SSSR count). The van der Waals surface area contributed by atoms with Crippen LogP contribution in [0.15, 0.2) is 12.4 Å². The third-order valence-electron chi connectivity index (χ3n) is 6.62. The second-order valence-electron chi connectivity index (χ2n) is 8.14. The van der Waals surface area contributed by atoms with Crippen LogP contribution in [0.25, 0.3) is 5.78 Å². The number of nitrogens with zero attached hydrogens (tertiary/aromatic N) is 5. The van der Waals surface area contributed by atoms with Gasteiger partial charge in [-0.3, -0.25) is 4.79 Å². The highest BCUT2D eigenvalue weighted by molar-refractivity contribution is 5.82. The molecular weight excluding hydrogens is 352 g/mol. The minimum absolute atomic E-state index is 0.0253. The van der Waals surface area contributed by atoms with Gasteiger partial charge in [0.25, 0.3) is 12.2 Å². The molecule has 2 saturated carbocycles. The first kappa shape index (κ1) is 17.0. The largest absolute Gasteiger partial charge is 0.342 e. The van der Waals surface area contributed by atoms with Gasteiger partial charge in [-0.1, -0.05) is 12.8 Å². The van der Waals surface area contributed by atoms with E-state index in [9.17, 15) is 13.6 Å². The molecule has 3 fully saturated rings. The van der Waals surface area contributed by atoms with Gasteiger partial charge in [-0.15, -0.1) is 0 Å². The van der Waals surface area contributed by atoms with E-state index in [2.05, 4.69) is 15.1 Å². The Morgan fingerprint density at radius 3 is 2.67 bits per heavy atom. The van der Waals surface area contributed by atoms with Crippen molar-refractivity contribution in [1.82, 2.24) is 24.5 Å². The summed E-state index contributed by atoms with van der Waals surface area (Å²) in [6.07, 6.45) is 5.17. The highest BCUT2D eigenvalue weighted by Gasteiger charge is 2.56. The van der Waals surface area contributed by atoms with Crippen LogP contribution in [0.3, 0.4) is 0 Å². The Kier molecular flexibility index (Phi) is 4.09. The van der Waals surface area contributed by atoms with E-state index in [4.69, 9.17) is 0 Å². The Labute approximate surface area is 156 Å². The van der Waals surface area contributed by atoms with Gasteiger partial charge in [0, 0.05) is 24.9 Å². The van der Waals surface area contributed by atoms with Gasteiger partial charge in [0.15, 0.2) is 0 Å². The van der Waals surface area contributed by atoms with E-state index in [1.165, 1.54) is 38.1 Å². The van der Waals surface area contributed by atoms with Crippen LogP contribution in [0.1, 0.15) is 62.3 Å². The molecule has 27 heavy (non-hydrogen) atoms. The molecule has 2 aromatic heterocycles. The molecule has 2 aromatic rings. The Morgan fingerprint density at radius 1 is 1.15 bits per heavy atom. The highest BCUT2D eigenvalue weighted by atomic mass is 19.3. The summed E-state index contributed by atoms with van der Waals surface area (Å²) < 4.78 is 28.0. The molecule has 3 atom stereocenters. The van der Waals surface area contributed by atoms with Crippen molar-refractivity contribution in [2.24, 2.45) is 17.8 Å². The monoisotopic (exact) mass is 375 g/mol. The first-order valence-corrected chi connectivity index (χ1v) is 9.91. The van der Waals surface area contributed by atoms with Crippen molar-refractivity contribution in [2.75, 3.05) is 13.1 Å². The Bertz CT molecular complexity index is 857. The quantitative estimate of drug-likeness (QED) is 0.826. The minimum atomic E-state index is -2.65. The standard InChI is InChI=1S/C19H23F2N5O/c20-17(21)15-8-14(24-19-22-10-23-26(15)19)11-4-3-7-25(9-11)18(27)16-12-5-1-2-6-13(12)16/h8,10-13,16-17H,1-7,9H2/t11-,12-,13-/m1/s1. The summed E-state index contributed by atoms with van der Waals surface area (Å²) in [7, 11) is 0. The fourth-order valence-corrected chi connectivity index (χ4v) is 5.21. The predicted octanol–water partition coefficient (Wildman–Crippen LogP) is 3.20. The molecule has 0 spiro atoms. The molecule has 0 N–H and O–H groups in total. The number of likely N-dealkylation sites (tertiary alicyclic amines) is 1. The summed E-state index contributed by atoms with van der Waals surface area (Å²) in [6.45, 7) is 1.33. The third kappa shape index (κ3) is 2.89. The van der Waals surface area contributed by atoms with Gasteiger partial charge in [-0.2, -0.15) is 14.6 Å². The zero-order valence-electron chi connectivity index (χ0n) is 15.1. The van der Waals surface area contributed by atoms with Gasteiger partial charge in [0.2, 0.25) is 5.91 Å². The van der Waals surface area contributed by atoms with Crippen LogP contribution in [-0.4, -0.2) is 43.5 Å². The summed E-state index contributed by atoms with van der Waals surface area (Å²) in [5.41, 5.74) is 0.403. The molecule has 2 aliphatic carbocycles. The third-order valence-corrected chi connectivity index (χ3v) is 6.62. The van der Waals surface area contributed by atoms with E-state index in [1.54, 1.807) is 0 Å². The first-order chi connectivity index (χ1) is 13.1. The maximum absolute atomic E-state index is 13.4. The van der Waals surface area contributed by atoms with Gasteiger partial charge in [0.1, 0.15) is 12.0 Å². The lowest BCUT2D eigenvalue weighted by molar-refractivity contribution is -0.134. The molecule has 0 aromatic carbocycles. The summed E-state index contributed by atoms with van der Waals surface area (Å²) in [5.74, 6) is 1.82. The summed E-state index contributed by atoms with van der Waals surface area (Å²) in [6, 6.07) is 1.43. The SMILES string of the molecule is O=C(C1[C@@H]2CCCC[C@@H]12)N1CCC[C@@H](c2cc(C(F)F)n3ncnc3n2)C1. The number of aromatic nitrogens is 4. The molecular formula is C19H23F2N5O. The number of amides is 1. The Morgan fingerprint density at radius 2 is 1.93 bits per heavy atom. The number of carbonyl (C=O) groups is 1. The van der Waals surface area contributed by atoms with E-state index < -0.39 is 6.43 Å². The number of carbonyl (C=O) groups excluding carboxylic acids is 1. The van der Waals surface area contributed by atoms with E-state index in [0.29, 0.717) is 24.1 Å². The lowest BCUT2D eigenvalue weighted by Crippen LogP contribution is -2.40. The van der Waals surface area contributed by atoms with Crippen LogP contribution >= 0.6 is 0 Å². The number of fused-ring (bicyclic) bond motifs is 2. The van der Waals surface area contributed by atoms with E-state index in [0.717, 1.165) is 23.9 Å². The zero-order chi connectivity index (χ0) is 18.5. The minimum Gasteiger partial charge on any atom is -0.342 e. The van der Waals surface area contributed by atoms with Crippen molar-refractivity contribution in [3.63, 3.8) is 0 Å². The summed E-state index contributed by atoms with van der Waals surface area (Å²) in [4.78, 5) is 23.4. The van der Waals surface area contributed by atoms with Gasteiger partial charge in [-0.05, 0) is 43.6 Å². The van der Waals surface area contributed by atoms with E-state index in [-0.39, 0.29) is 29.2 Å². The summed E-state index contributed by atoms with van der Waals surface area (Å²) >= 11 is 0. The van der Waals surface area contributed by atoms with Crippen molar-refractivity contribution in [3.05, 3.63) is 23.8 Å². The van der Waals surface area contributed by atoms with Crippen LogP contribution in [0.2, 0.25) is 0 Å². The zero-order valence-corrected chi connectivity index (χ0v) is 15.1. The Balaban J connectivity index is 1.37. The van der Waals surface area contributed by atoms with E-state index in [1.807, 2.05) is 4.90 Å². The molecule has 0 unspecified atom stereocenters. The fraction of sp³-hybridized carbons (Fsp3) is 0.684. The Hall–Kier alpha value is -2.12. The van der Waals surface area contributed by atoms with Crippen LogP contribution in [-0.2, 0) is 4.79 Å². The number of rotatable bonds is 3. The number of alkyl halides is 2. The fourth-order valence-electron chi connectivity index (χ4n) is 5.21. The normalized spacial score (nSPS) is 30.6. The number of halogens is 2. The van der Waals surface area contributed by atoms with E-state index >= 15 is 0 Å². The van der Waals surface area contributed by atoms with Gasteiger partial charge < -0.3 is 4.90 Å². The van der Waals surface area contributed by atoms with Gasteiger partial charge in [0.05, 0.1) is 5.69 Å². The summed E-state index contributed by atoms with van der Waals surface area (Å²) in [5, 5.41) is 3.84. The maximum atomic E-state index is 13.4. The maximum Gasteiger partial charge on any atom is 0.280 e. The van der Waals surface area contributed by atoms with Crippen LogP contribution in [0, 0.1) is 17.8 Å².